The SMILES string of the molecule is CCCCN(CCC(=O)N1CCC(C(=O)OCC)CC1)C(=O)c1cc(C)oc1C. The molecule has 0 unspecified atom stereocenters. The van der Waals surface area contributed by atoms with Gasteiger partial charge in [0.1, 0.15) is 11.5 Å². The van der Waals surface area contributed by atoms with Gasteiger partial charge in [0.2, 0.25) is 5.91 Å². The van der Waals surface area contributed by atoms with Crippen LogP contribution in [-0.2, 0) is 14.3 Å². The monoisotopic (exact) mass is 406 g/mol. The van der Waals surface area contributed by atoms with Crippen LogP contribution in [0.25, 0.3) is 0 Å². The lowest BCUT2D eigenvalue weighted by Gasteiger charge is -2.31. The summed E-state index contributed by atoms with van der Waals surface area (Å²) in [6, 6.07) is 1.76. The summed E-state index contributed by atoms with van der Waals surface area (Å²) in [6.45, 7) is 10.0. The molecule has 7 nitrogen and oxygen atoms in total. The van der Waals surface area contributed by atoms with Gasteiger partial charge in [-0.3, -0.25) is 14.4 Å². The van der Waals surface area contributed by atoms with Gasteiger partial charge in [-0.1, -0.05) is 13.3 Å². The lowest BCUT2D eigenvalue weighted by atomic mass is 9.97. The van der Waals surface area contributed by atoms with Gasteiger partial charge in [-0.15, -0.1) is 0 Å². The van der Waals surface area contributed by atoms with Crippen molar-refractivity contribution < 1.29 is 23.5 Å². The highest BCUT2D eigenvalue weighted by atomic mass is 16.5. The standard InChI is InChI=1S/C22H34N2O5/c1-5-7-11-24(21(26)19-15-16(3)29-17(19)4)14-10-20(25)23-12-8-18(9-13-23)22(27)28-6-2/h15,18H,5-14H2,1-4H3. The fourth-order valence-corrected chi connectivity index (χ4v) is 3.69. The van der Waals surface area contributed by atoms with Crippen molar-refractivity contribution in [3.8, 4) is 0 Å². The summed E-state index contributed by atoms with van der Waals surface area (Å²) in [6.07, 6.45) is 3.42. The Hall–Kier alpha value is -2.31. The quantitative estimate of drug-likeness (QED) is 0.588. The maximum absolute atomic E-state index is 12.9. The number of nitrogens with zero attached hydrogens (tertiary/aromatic N) is 2. The van der Waals surface area contributed by atoms with Crippen molar-refractivity contribution in [3.05, 3.63) is 23.2 Å². The molecule has 2 heterocycles. The second-order valence-electron chi connectivity index (χ2n) is 7.63. The average Bonchev–Trinajstić information content (AvgIpc) is 3.05. The van der Waals surface area contributed by atoms with E-state index in [0.29, 0.717) is 62.7 Å². The fraction of sp³-hybridized carbons (Fsp3) is 0.682. The number of aryl methyl sites for hydroxylation is 2. The lowest BCUT2D eigenvalue weighted by molar-refractivity contribution is -0.151. The van der Waals surface area contributed by atoms with Crippen LogP contribution in [0.4, 0.5) is 0 Å². The second-order valence-corrected chi connectivity index (χ2v) is 7.63. The van der Waals surface area contributed by atoms with E-state index < -0.39 is 0 Å². The van der Waals surface area contributed by atoms with E-state index in [2.05, 4.69) is 6.92 Å². The number of hydrogen-bond acceptors (Lipinski definition) is 5. The fourth-order valence-electron chi connectivity index (χ4n) is 3.69. The molecule has 0 N–H and O–H groups in total. The molecular formula is C22H34N2O5. The van der Waals surface area contributed by atoms with Crippen LogP contribution >= 0.6 is 0 Å². The highest BCUT2D eigenvalue weighted by Gasteiger charge is 2.28. The predicted molar refractivity (Wildman–Crippen MR) is 110 cm³/mol. The first-order valence-electron chi connectivity index (χ1n) is 10.7. The van der Waals surface area contributed by atoms with Crippen LogP contribution in [0.3, 0.4) is 0 Å². The van der Waals surface area contributed by atoms with Gasteiger partial charge in [0, 0.05) is 32.6 Å². The molecule has 0 atom stereocenters. The van der Waals surface area contributed by atoms with Gasteiger partial charge < -0.3 is 19.0 Å². The molecule has 0 radical (unpaired) electrons. The molecule has 1 fully saturated rings. The minimum atomic E-state index is -0.165. The number of furan rings is 1. The molecule has 0 aromatic carbocycles. The molecule has 0 spiro atoms. The molecule has 0 bridgehead atoms. The summed E-state index contributed by atoms with van der Waals surface area (Å²) < 4.78 is 10.6. The van der Waals surface area contributed by atoms with Gasteiger partial charge >= 0.3 is 5.97 Å². The molecule has 162 valence electrons. The number of hydrogen-bond donors (Lipinski definition) is 0. The van der Waals surface area contributed by atoms with Crippen LogP contribution in [0.2, 0.25) is 0 Å². The van der Waals surface area contributed by atoms with Crippen LogP contribution in [0.5, 0.6) is 0 Å². The molecule has 1 aliphatic heterocycles. The average molecular weight is 407 g/mol. The zero-order valence-electron chi connectivity index (χ0n) is 18.2. The van der Waals surface area contributed by atoms with E-state index in [4.69, 9.17) is 9.15 Å². The van der Waals surface area contributed by atoms with Crippen LogP contribution in [0.1, 0.15) is 67.8 Å². The third-order valence-electron chi connectivity index (χ3n) is 5.40. The molecule has 2 amide bonds. The largest absolute Gasteiger partial charge is 0.466 e. The third kappa shape index (κ3) is 6.34. The van der Waals surface area contributed by atoms with E-state index in [0.717, 1.165) is 12.8 Å². The highest BCUT2D eigenvalue weighted by molar-refractivity contribution is 5.95. The Morgan fingerprint density at radius 3 is 2.41 bits per heavy atom. The first-order chi connectivity index (χ1) is 13.9. The minimum absolute atomic E-state index is 0.0294. The van der Waals surface area contributed by atoms with Crippen molar-refractivity contribution in [1.29, 1.82) is 0 Å². The normalized spacial score (nSPS) is 14.7. The van der Waals surface area contributed by atoms with Gasteiger partial charge in [-0.2, -0.15) is 0 Å². The van der Waals surface area contributed by atoms with Gasteiger partial charge in [0.25, 0.3) is 5.91 Å². The maximum Gasteiger partial charge on any atom is 0.309 e. The summed E-state index contributed by atoms with van der Waals surface area (Å²) in [5, 5.41) is 0. The van der Waals surface area contributed by atoms with Gasteiger partial charge in [-0.25, -0.2) is 0 Å². The molecule has 1 aromatic heterocycles. The number of carbonyl (C=O) groups is 3. The van der Waals surface area contributed by atoms with Crippen molar-refractivity contribution >= 4 is 17.8 Å². The number of carbonyl (C=O) groups excluding carboxylic acids is 3. The predicted octanol–water partition coefficient (Wildman–Crippen LogP) is 3.33. The van der Waals surface area contributed by atoms with Crippen molar-refractivity contribution in [2.45, 2.75) is 59.8 Å². The van der Waals surface area contributed by atoms with Crippen molar-refractivity contribution in [2.24, 2.45) is 5.92 Å². The summed E-state index contributed by atoms with van der Waals surface area (Å²) in [5.41, 5.74) is 0.571. The number of piperidine rings is 1. The molecule has 0 saturated carbocycles. The summed E-state index contributed by atoms with van der Waals surface area (Å²) in [4.78, 5) is 41.0. The molecule has 7 heteroatoms. The Kier molecular flexibility index (Phi) is 8.73. The number of amides is 2. The molecule has 2 rings (SSSR count). The number of unbranched alkanes of at least 4 members (excludes halogenated alkanes) is 1. The zero-order valence-corrected chi connectivity index (χ0v) is 18.2. The van der Waals surface area contributed by atoms with E-state index >= 15 is 0 Å². The Bertz CT molecular complexity index is 704. The third-order valence-corrected chi connectivity index (χ3v) is 5.40. The topological polar surface area (TPSA) is 80.1 Å². The molecule has 1 aromatic rings. The van der Waals surface area contributed by atoms with Crippen molar-refractivity contribution in [1.82, 2.24) is 9.80 Å². The summed E-state index contributed by atoms with van der Waals surface area (Å²) >= 11 is 0. The van der Waals surface area contributed by atoms with Crippen LogP contribution in [-0.4, -0.2) is 60.4 Å². The minimum Gasteiger partial charge on any atom is -0.466 e. The zero-order chi connectivity index (χ0) is 21.4. The van der Waals surface area contributed by atoms with E-state index in [1.54, 1.807) is 29.7 Å². The summed E-state index contributed by atoms with van der Waals surface area (Å²) in [7, 11) is 0. The van der Waals surface area contributed by atoms with Crippen LogP contribution in [0.15, 0.2) is 10.5 Å². The first kappa shape index (κ1) is 23.0. The molecule has 0 aliphatic carbocycles. The van der Waals surface area contributed by atoms with Crippen LogP contribution < -0.4 is 0 Å². The number of ether oxygens (including phenoxy) is 1. The number of likely N-dealkylation sites (tertiary alicyclic amines) is 1. The van der Waals surface area contributed by atoms with E-state index in [1.165, 1.54) is 0 Å². The Morgan fingerprint density at radius 2 is 1.86 bits per heavy atom. The second kappa shape index (κ2) is 11.0. The molecular weight excluding hydrogens is 372 g/mol. The Morgan fingerprint density at radius 1 is 1.17 bits per heavy atom. The van der Waals surface area contributed by atoms with Gasteiger partial charge in [0.05, 0.1) is 18.1 Å². The lowest BCUT2D eigenvalue weighted by Crippen LogP contribution is -2.42. The molecule has 1 aliphatic rings. The van der Waals surface area contributed by atoms with Crippen molar-refractivity contribution in [2.75, 3.05) is 32.8 Å². The van der Waals surface area contributed by atoms with E-state index in [9.17, 15) is 14.4 Å². The molecule has 1 saturated heterocycles. The van der Waals surface area contributed by atoms with Crippen LogP contribution in [0, 0.1) is 19.8 Å². The van der Waals surface area contributed by atoms with Crippen molar-refractivity contribution in [3.63, 3.8) is 0 Å². The molecule has 29 heavy (non-hydrogen) atoms. The highest BCUT2D eigenvalue weighted by Crippen LogP contribution is 2.20. The smallest absolute Gasteiger partial charge is 0.309 e. The summed E-state index contributed by atoms with van der Waals surface area (Å²) in [5.74, 6) is 0.988. The Labute approximate surface area is 173 Å². The van der Waals surface area contributed by atoms with Gasteiger partial charge in [-0.05, 0) is 46.1 Å². The van der Waals surface area contributed by atoms with E-state index in [1.807, 2.05) is 6.92 Å². The van der Waals surface area contributed by atoms with Gasteiger partial charge in [0.15, 0.2) is 0 Å². The first-order valence-corrected chi connectivity index (χ1v) is 10.7. The maximum atomic E-state index is 12.9. The number of rotatable bonds is 9. The van der Waals surface area contributed by atoms with E-state index in [-0.39, 0.29) is 30.1 Å². The number of esters is 1. The Balaban J connectivity index is 1.90.